The number of Topliss-reactive ketones (excluding diaryl/α,β-unsaturated/α-hetero) is 1. The van der Waals surface area contributed by atoms with E-state index in [1.165, 1.54) is 12.8 Å². The summed E-state index contributed by atoms with van der Waals surface area (Å²) < 4.78 is 0. The maximum Gasteiger partial charge on any atom is 0.225 e. The van der Waals surface area contributed by atoms with E-state index < -0.39 is 0 Å². The second-order valence-electron chi connectivity index (χ2n) is 7.59. The fourth-order valence-corrected chi connectivity index (χ4v) is 3.93. The van der Waals surface area contributed by atoms with E-state index in [-0.39, 0.29) is 11.7 Å². The summed E-state index contributed by atoms with van der Waals surface area (Å²) in [7, 11) is 0. The second-order valence-corrected chi connectivity index (χ2v) is 7.59. The number of nitrogens with zero attached hydrogens (tertiary/aromatic N) is 3. The SMILES string of the molecule is C[C@H]1CCCN(c2ncc3c(n2)C[C@H](/C=C/c2ccccc2)CC3=O)C1. The molecular weight excluding hydrogens is 322 g/mol. The predicted molar refractivity (Wildman–Crippen MR) is 104 cm³/mol. The number of fused-ring (bicyclic) bond motifs is 1. The number of hydrogen-bond donors (Lipinski definition) is 0. The van der Waals surface area contributed by atoms with Crippen LogP contribution >= 0.6 is 0 Å². The Kier molecular flexibility index (Phi) is 4.83. The van der Waals surface area contributed by atoms with Crippen molar-refractivity contribution in [3.8, 4) is 0 Å². The molecule has 1 aromatic heterocycles. The molecule has 4 heteroatoms. The van der Waals surface area contributed by atoms with E-state index in [1.54, 1.807) is 6.20 Å². The van der Waals surface area contributed by atoms with Gasteiger partial charge in [-0.15, -0.1) is 0 Å². The molecule has 0 bridgehead atoms. The summed E-state index contributed by atoms with van der Waals surface area (Å²) in [6.45, 7) is 4.29. The van der Waals surface area contributed by atoms with Gasteiger partial charge in [-0.1, -0.05) is 49.4 Å². The second kappa shape index (κ2) is 7.40. The van der Waals surface area contributed by atoms with Crippen molar-refractivity contribution in [3.05, 3.63) is 59.4 Å². The maximum absolute atomic E-state index is 12.5. The molecule has 2 aromatic rings. The number of benzene rings is 1. The van der Waals surface area contributed by atoms with Crippen LogP contribution in [0.2, 0.25) is 0 Å². The molecule has 1 aliphatic heterocycles. The van der Waals surface area contributed by atoms with E-state index in [2.05, 4.69) is 41.1 Å². The number of anilines is 1. The Labute approximate surface area is 155 Å². The van der Waals surface area contributed by atoms with Crippen LogP contribution in [0.25, 0.3) is 6.08 Å². The zero-order chi connectivity index (χ0) is 17.9. The fourth-order valence-electron chi connectivity index (χ4n) is 3.93. The summed E-state index contributed by atoms with van der Waals surface area (Å²) in [5.41, 5.74) is 2.78. The van der Waals surface area contributed by atoms with Crippen molar-refractivity contribution < 1.29 is 4.79 Å². The van der Waals surface area contributed by atoms with Gasteiger partial charge in [-0.25, -0.2) is 9.97 Å². The molecule has 4 nitrogen and oxygen atoms in total. The highest BCUT2D eigenvalue weighted by Gasteiger charge is 2.27. The predicted octanol–water partition coefficient (Wildman–Crippen LogP) is 4.17. The average Bonchev–Trinajstić information content (AvgIpc) is 2.67. The molecule has 1 aliphatic carbocycles. The third kappa shape index (κ3) is 3.69. The van der Waals surface area contributed by atoms with E-state index >= 15 is 0 Å². The first-order valence-corrected chi connectivity index (χ1v) is 9.56. The van der Waals surface area contributed by atoms with E-state index in [9.17, 15) is 4.79 Å². The van der Waals surface area contributed by atoms with Gasteiger partial charge in [0.15, 0.2) is 5.78 Å². The summed E-state index contributed by atoms with van der Waals surface area (Å²) in [5, 5.41) is 0. The number of rotatable bonds is 3. The number of ketones is 1. The first kappa shape index (κ1) is 17.0. The van der Waals surface area contributed by atoms with Crippen LogP contribution in [0, 0.1) is 11.8 Å². The number of piperidine rings is 1. The fraction of sp³-hybridized carbons (Fsp3) is 0.409. The highest BCUT2D eigenvalue weighted by molar-refractivity contribution is 5.98. The average molecular weight is 347 g/mol. The Bertz CT molecular complexity index is 815. The lowest BCUT2D eigenvalue weighted by molar-refractivity contribution is 0.0957. The van der Waals surface area contributed by atoms with Crippen molar-refractivity contribution in [2.75, 3.05) is 18.0 Å². The molecule has 2 aliphatic rings. The number of allylic oxidation sites excluding steroid dienone is 1. The van der Waals surface area contributed by atoms with E-state index in [0.717, 1.165) is 36.7 Å². The van der Waals surface area contributed by atoms with Gasteiger partial charge in [0.2, 0.25) is 5.95 Å². The molecule has 1 aromatic carbocycles. The number of aromatic nitrogens is 2. The first-order chi connectivity index (χ1) is 12.7. The summed E-state index contributed by atoms with van der Waals surface area (Å²) in [6, 6.07) is 10.2. The standard InChI is InChI=1S/C22H25N3O/c1-16-6-5-11-25(15-16)22-23-14-19-20(24-22)12-18(13-21(19)26)10-9-17-7-3-2-4-8-17/h2-4,7-10,14,16,18H,5-6,11-13,15H2,1H3/b10-9+/t16-,18-/m0/s1. The summed E-state index contributed by atoms with van der Waals surface area (Å²) in [6.07, 6.45) is 9.81. The first-order valence-electron chi connectivity index (χ1n) is 9.56. The maximum atomic E-state index is 12.5. The van der Waals surface area contributed by atoms with Gasteiger partial charge >= 0.3 is 0 Å². The number of carbonyl (C=O) groups is 1. The van der Waals surface area contributed by atoms with Gasteiger partial charge in [-0.2, -0.15) is 0 Å². The normalized spacial score (nSPS) is 23.3. The lowest BCUT2D eigenvalue weighted by Gasteiger charge is -2.31. The van der Waals surface area contributed by atoms with Crippen molar-refractivity contribution in [1.29, 1.82) is 0 Å². The van der Waals surface area contributed by atoms with E-state index in [1.807, 2.05) is 18.2 Å². The van der Waals surface area contributed by atoms with Crippen LogP contribution in [-0.2, 0) is 6.42 Å². The highest BCUT2D eigenvalue weighted by atomic mass is 16.1. The smallest absolute Gasteiger partial charge is 0.225 e. The van der Waals surface area contributed by atoms with Crippen molar-refractivity contribution in [1.82, 2.24) is 9.97 Å². The number of carbonyl (C=O) groups excluding carboxylic acids is 1. The van der Waals surface area contributed by atoms with Crippen molar-refractivity contribution in [3.63, 3.8) is 0 Å². The molecule has 0 unspecified atom stereocenters. The Morgan fingerprint density at radius 3 is 2.85 bits per heavy atom. The monoisotopic (exact) mass is 347 g/mol. The zero-order valence-corrected chi connectivity index (χ0v) is 15.3. The molecule has 0 spiro atoms. The molecule has 2 heterocycles. The quantitative estimate of drug-likeness (QED) is 0.836. The molecule has 0 amide bonds. The van der Waals surface area contributed by atoms with Crippen LogP contribution in [0.15, 0.2) is 42.6 Å². The largest absolute Gasteiger partial charge is 0.341 e. The summed E-state index contributed by atoms with van der Waals surface area (Å²) in [5.74, 6) is 1.83. The van der Waals surface area contributed by atoms with Crippen LogP contribution in [0.4, 0.5) is 5.95 Å². The zero-order valence-electron chi connectivity index (χ0n) is 15.3. The Morgan fingerprint density at radius 1 is 1.19 bits per heavy atom. The van der Waals surface area contributed by atoms with Gasteiger partial charge in [0.25, 0.3) is 0 Å². The Balaban J connectivity index is 1.53. The minimum absolute atomic E-state index is 0.160. The Hall–Kier alpha value is -2.49. The van der Waals surface area contributed by atoms with Crippen molar-refractivity contribution in [2.45, 2.75) is 32.6 Å². The molecule has 1 saturated heterocycles. The van der Waals surface area contributed by atoms with Gasteiger partial charge in [0.05, 0.1) is 11.3 Å². The van der Waals surface area contributed by atoms with E-state index in [0.29, 0.717) is 17.9 Å². The van der Waals surface area contributed by atoms with E-state index in [4.69, 9.17) is 4.98 Å². The lowest BCUT2D eigenvalue weighted by Crippen LogP contribution is -2.36. The highest BCUT2D eigenvalue weighted by Crippen LogP contribution is 2.28. The molecule has 134 valence electrons. The topological polar surface area (TPSA) is 46.1 Å². The summed E-state index contributed by atoms with van der Waals surface area (Å²) in [4.78, 5) is 24.1. The van der Waals surface area contributed by atoms with Crippen LogP contribution in [0.5, 0.6) is 0 Å². The van der Waals surface area contributed by atoms with Crippen molar-refractivity contribution in [2.24, 2.45) is 11.8 Å². The van der Waals surface area contributed by atoms with Crippen molar-refractivity contribution >= 4 is 17.8 Å². The molecule has 2 atom stereocenters. The third-order valence-electron chi connectivity index (χ3n) is 5.36. The van der Waals surface area contributed by atoms with Gasteiger partial charge < -0.3 is 4.90 Å². The van der Waals surface area contributed by atoms with Gasteiger partial charge in [0, 0.05) is 25.7 Å². The lowest BCUT2D eigenvalue weighted by atomic mass is 9.86. The van der Waals surface area contributed by atoms with Crippen LogP contribution in [0.3, 0.4) is 0 Å². The van der Waals surface area contributed by atoms with Crippen LogP contribution in [0.1, 0.15) is 47.8 Å². The molecule has 26 heavy (non-hydrogen) atoms. The molecule has 0 N–H and O–H groups in total. The Morgan fingerprint density at radius 2 is 2.04 bits per heavy atom. The van der Waals surface area contributed by atoms with Gasteiger partial charge in [0.1, 0.15) is 0 Å². The van der Waals surface area contributed by atoms with Gasteiger partial charge in [-0.3, -0.25) is 4.79 Å². The molecule has 0 radical (unpaired) electrons. The summed E-state index contributed by atoms with van der Waals surface area (Å²) >= 11 is 0. The molecule has 1 fully saturated rings. The van der Waals surface area contributed by atoms with Crippen LogP contribution in [-0.4, -0.2) is 28.8 Å². The molecular formula is C22H25N3O. The van der Waals surface area contributed by atoms with Crippen LogP contribution < -0.4 is 4.90 Å². The number of hydrogen-bond acceptors (Lipinski definition) is 4. The third-order valence-corrected chi connectivity index (χ3v) is 5.36. The minimum atomic E-state index is 0.160. The molecule has 4 rings (SSSR count). The molecule has 0 saturated carbocycles. The minimum Gasteiger partial charge on any atom is -0.341 e. The van der Waals surface area contributed by atoms with Gasteiger partial charge in [-0.05, 0) is 36.7 Å².